The summed E-state index contributed by atoms with van der Waals surface area (Å²) in [6, 6.07) is 10.9. The van der Waals surface area contributed by atoms with Crippen LogP contribution in [0.1, 0.15) is 25.1 Å². The molecule has 0 saturated heterocycles. The second-order valence-corrected chi connectivity index (χ2v) is 12.8. The maximum Gasteiger partial charge on any atom is 0.408 e. The van der Waals surface area contributed by atoms with Crippen molar-refractivity contribution in [2.45, 2.75) is 64.3 Å². The fourth-order valence-electron chi connectivity index (χ4n) is 2.90. The highest BCUT2D eigenvalue weighted by molar-refractivity contribution is 6.69. The molecule has 9 heteroatoms. The van der Waals surface area contributed by atoms with Gasteiger partial charge < -0.3 is 9.16 Å². The molecule has 0 aliphatic rings. The first-order valence-corrected chi connectivity index (χ1v) is 12.6. The van der Waals surface area contributed by atoms with Crippen molar-refractivity contribution in [2.24, 2.45) is 0 Å². The fraction of sp³-hybridized carbons (Fsp3) is 0.500. The number of hydrogen-bond donors (Lipinski definition) is 0. The Labute approximate surface area is 170 Å². The monoisotopic (exact) mass is 425 g/mol. The highest BCUT2D eigenvalue weighted by Crippen LogP contribution is 2.37. The number of halogens is 3. The maximum absolute atomic E-state index is 12.7. The van der Waals surface area contributed by atoms with Gasteiger partial charge in [0, 0.05) is 17.2 Å². The molecule has 29 heavy (non-hydrogen) atoms. The van der Waals surface area contributed by atoms with E-state index in [1.165, 1.54) is 12.3 Å². The molecule has 0 spiro atoms. The summed E-state index contributed by atoms with van der Waals surface area (Å²) in [4.78, 5) is 0. The van der Waals surface area contributed by atoms with Crippen LogP contribution in [0, 0.1) is 11.3 Å². The summed E-state index contributed by atoms with van der Waals surface area (Å²) in [7, 11) is -1.98. The molecule has 0 fully saturated rings. The topological polar surface area (TPSA) is 60.1 Å². The molecule has 1 unspecified atom stereocenters. The van der Waals surface area contributed by atoms with E-state index in [9.17, 15) is 18.4 Å². The van der Waals surface area contributed by atoms with Crippen LogP contribution < -0.4 is 4.74 Å². The molecule has 1 heterocycles. The molecular formula is C20H26F3N3O2Si. The third-order valence-corrected chi connectivity index (χ3v) is 5.28. The third kappa shape index (κ3) is 6.34. The van der Waals surface area contributed by atoms with Crippen LogP contribution in [0.5, 0.6) is 5.75 Å². The van der Waals surface area contributed by atoms with E-state index in [4.69, 9.17) is 9.16 Å². The van der Waals surface area contributed by atoms with Crippen molar-refractivity contribution in [3.8, 4) is 11.8 Å². The molecule has 158 valence electrons. The summed E-state index contributed by atoms with van der Waals surface area (Å²) < 4.78 is 50.9. The molecular weight excluding hydrogens is 399 g/mol. The smallest absolute Gasteiger partial charge is 0.408 e. The maximum atomic E-state index is 12.7. The molecule has 1 atom stereocenters. The average Bonchev–Trinajstić information content (AvgIpc) is 3.02. The number of nitrogens with zero attached hydrogens (tertiary/aromatic N) is 3. The summed E-state index contributed by atoms with van der Waals surface area (Å²) in [5.41, 5.74) is 0.384. The summed E-state index contributed by atoms with van der Waals surface area (Å²) >= 11 is 0. The number of hydrogen-bond acceptors (Lipinski definition) is 4. The van der Waals surface area contributed by atoms with Crippen LogP contribution in [0.4, 0.5) is 13.2 Å². The van der Waals surface area contributed by atoms with Gasteiger partial charge in [-0.1, -0.05) is 32.0 Å². The van der Waals surface area contributed by atoms with Gasteiger partial charge in [0.1, 0.15) is 25.0 Å². The van der Waals surface area contributed by atoms with Gasteiger partial charge in [0.25, 0.3) is 0 Å². The van der Waals surface area contributed by atoms with Crippen LogP contribution in [-0.2, 0) is 23.0 Å². The van der Waals surface area contributed by atoms with E-state index in [0.717, 1.165) is 10.2 Å². The molecule has 0 amide bonds. The molecule has 0 aliphatic heterocycles. The number of nitriles is 1. The molecule has 2 rings (SSSR count). The van der Waals surface area contributed by atoms with Gasteiger partial charge in [-0.15, -0.1) is 0 Å². The lowest BCUT2D eigenvalue weighted by Crippen LogP contribution is -2.42. The number of aromatic nitrogens is 2. The summed E-state index contributed by atoms with van der Waals surface area (Å²) in [6.45, 7) is 8.59. The first-order valence-electron chi connectivity index (χ1n) is 9.21. The van der Waals surface area contributed by atoms with Crippen molar-refractivity contribution in [3.05, 3.63) is 47.8 Å². The number of alkyl halides is 3. The quantitative estimate of drug-likeness (QED) is 0.556. The van der Waals surface area contributed by atoms with E-state index in [2.05, 4.69) is 11.2 Å². The lowest BCUT2D eigenvalue weighted by molar-refractivity contribution is -0.143. The van der Waals surface area contributed by atoms with Gasteiger partial charge in [-0.25, -0.2) is 0 Å². The van der Waals surface area contributed by atoms with Crippen molar-refractivity contribution in [2.75, 3.05) is 0 Å². The molecule has 0 aliphatic carbocycles. The van der Waals surface area contributed by atoms with Gasteiger partial charge in [-0.05, 0) is 31.8 Å². The Kier molecular flexibility index (Phi) is 6.81. The standard InChI is InChI=1S/C20H26F3N3O2Si/c1-19(2,18(12-24)28-29(3,4)5)16-8-6-7-9-17(16)27-13-15-10-11-25-26(15)14-20(21,22)23/h6-11,18H,13-14H2,1-5H3. The predicted octanol–water partition coefficient (Wildman–Crippen LogP) is 5.05. The number of rotatable bonds is 8. The van der Waals surface area contributed by atoms with Crippen molar-refractivity contribution < 1.29 is 22.3 Å². The van der Waals surface area contributed by atoms with Gasteiger partial charge in [0.2, 0.25) is 0 Å². The molecule has 0 radical (unpaired) electrons. The van der Waals surface area contributed by atoms with Crippen LogP contribution in [0.2, 0.25) is 19.6 Å². The van der Waals surface area contributed by atoms with Crippen molar-refractivity contribution in [1.82, 2.24) is 9.78 Å². The van der Waals surface area contributed by atoms with Gasteiger partial charge in [0.15, 0.2) is 8.32 Å². The van der Waals surface area contributed by atoms with Crippen LogP contribution in [0.3, 0.4) is 0 Å². The van der Waals surface area contributed by atoms with Crippen LogP contribution in [-0.4, -0.2) is 30.4 Å². The number of para-hydroxylation sites is 1. The lowest BCUT2D eigenvalue weighted by Gasteiger charge is -2.35. The van der Waals surface area contributed by atoms with Gasteiger partial charge in [0.05, 0.1) is 11.8 Å². The SMILES string of the molecule is CC(C)(c1ccccc1OCc1ccnn1CC(F)(F)F)C(C#N)O[Si](C)(C)C. The van der Waals surface area contributed by atoms with Crippen LogP contribution >= 0.6 is 0 Å². The first kappa shape index (κ1) is 23.0. The number of benzene rings is 1. The summed E-state index contributed by atoms with van der Waals surface area (Å²) in [5.74, 6) is 0.497. The second-order valence-electron chi connectivity index (χ2n) is 8.34. The minimum Gasteiger partial charge on any atom is -0.487 e. The Morgan fingerprint density at radius 3 is 2.41 bits per heavy atom. The largest absolute Gasteiger partial charge is 0.487 e. The molecule has 0 bridgehead atoms. The Morgan fingerprint density at radius 2 is 1.83 bits per heavy atom. The van der Waals surface area contributed by atoms with Gasteiger partial charge >= 0.3 is 6.18 Å². The zero-order chi connectivity index (χ0) is 21.9. The van der Waals surface area contributed by atoms with E-state index in [0.29, 0.717) is 11.4 Å². The fourth-order valence-corrected chi connectivity index (χ4v) is 3.96. The molecule has 1 aromatic carbocycles. The first-order chi connectivity index (χ1) is 13.3. The van der Waals surface area contributed by atoms with E-state index in [1.807, 2.05) is 45.6 Å². The Hall–Kier alpha value is -2.31. The lowest BCUT2D eigenvalue weighted by atomic mass is 9.79. The average molecular weight is 426 g/mol. The van der Waals surface area contributed by atoms with Crippen molar-refractivity contribution in [3.63, 3.8) is 0 Å². The van der Waals surface area contributed by atoms with E-state index >= 15 is 0 Å². The molecule has 0 N–H and O–H groups in total. The second kappa shape index (κ2) is 8.59. The molecule has 2 aromatic rings. The predicted molar refractivity (Wildman–Crippen MR) is 106 cm³/mol. The molecule has 0 saturated carbocycles. The van der Waals surface area contributed by atoms with Gasteiger partial charge in [-0.2, -0.15) is 23.5 Å². The Bertz CT molecular complexity index is 867. The van der Waals surface area contributed by atoms with Crippen LogP contribution in [0.15, 0.2) is 36.5 Å². The third-order valence-electron chi connectivity index (χ3n) is 4.33. The Morgan fingerprint density at radius 1 is 1.17 bits per heavy atom. The summed E-state index contributed by atoms with van der Waals surface area (Å²) in [6.07, 6.45) is -3.74. The van der Waals surface area contributed by atoms with E-state index in [1.54, 1.807) is 12.1 Å². The van der Waals surface area contributed by atoms with Crippen molar-refractivity contribution in [1.29, 1.82) is 5.26 Å². The van der Waals surface area contributed by atoms with Gasteiger partial charge in [-0.3, -0.25) is 4.68 Å². The molecule has 1 aromatic heterocycles. The van der Waals surface area contributed by atoms with E-state index < -0.39 is 32.6 Å². The normalized spacial score (nSPS) is 13.8. The highest BCUT2D eigenvalue weighted by atomic mass is 28.4. The zero-order valence-electron chi connectivity index (χ0n) is 17.2. The minimum absolute atomic E-state index is 0.0741. The van der Waals surface area contributed by atoms with Crippen LogP contribution in [0.25, 0.3) is 0 Å². The zero-order valence-corrected chi connectivity index (χ0v) is 18.2. The van der Waals surface area contributed by atoms with Crippen molar-refractivity contribution >= 4 is 8.32 Å². The Balaban J connectivity index is 2.26. The molecule has 5 nitrogen and oxygen atoms in total. The highest BCUT2D eigenvalue weighted by Gasteiger charge is 2.37. The van der Waals surface area contributed by atoms with E-state index in [-0.39, 0.29) is 6.61 Å². The minimum atomic E-state index is -4.37. The summed E-state index contributed by atoms with van der Waals surface area (Å²) in [5, 5.41) is 13.4. The number of ether oxygens (including phenoxy) is 1.